The Bertz CT molecular complexity index is 1050. The van der Waals surface area contributed by atoms with Crippen LogP contribution in [0.4, 0.5) is 0 Å². The van der Waals surface area contributed by atoms with Crippen molar-refractivity contribution in [2.45, 2.75) is 31.4 Å². The summed E-state index contributed by atoms with van der Waals surface area (Å²) in [5.41, 5.74) is 1.73. The molecular formula is C23H22N2O5S. The fourth-order valence-electron chi connectivity index (χ4n) is 3.46. The Morgan fingerprint density at radius 3 is 2.48 bits per heavy atom. The van der Waals surface area contributed by atoms with Crippen molar-refractivity contribution in [3.05, 3.63) is 77.2 Å². The van der Waals surface area contributed by atoms with Crippen molar-refractivity contribution in [1.29, 1.82) is 0 Å². The molecule has 1 saturated heterocycles. The van der Waals surface area contributed by atoms with E-state index in [4.69, 9.17) is 9.47 Å². The van der Waals surface area contributed by atoms with Crippen LogP contribution in [-0.4, -0.2) is 45.5 Å². The Labute approximate surface area is 184 Å². The molecule has 0 aromatic heterocycles. The molecule has 2 aliphatic rings. The minimum Gasteiger partial charge on any atom is -0.510 e. The molecule has 0 bridgehead atoms. The summed E-state index contributed by atoms with van der Waals surface area (Å²) >= 11 is 1.44. The zero-order valence-corrected chi connectivity index (χ0v) is 18.0. The summed E-state index contributed by atoms with van der Waals surface area (Å²) in [5, 5.41) is 10.6. The second-order valence-electron chi connectivity index (χ2n) is 7.20. The summed E-state index contributed by atoms with van der Waals surface area (Å²) < 4.78 is 10.5. The smallest absolute Gasteiger partial charge is 0.358 e. The first-order valence-corrected chi connectivity index (χ1v) is 10.7. The van der Waals surface area contributed by atoms with Crippen molar-refractivity contribution >= 4 is 28.7 Å². The number of amides is 1. The van der Waals surface area contributed by atoms with Gasteiger partial charge in [0.25, 0.3) is 5.91 Å². The van der Waals surface area contributed by atoms with Gasteiger partial charge in [0.05, 0.1) is 12.2 Å². The van der Waals surface area contributed by atoms with Gasteiger partial charge in [-0.05, 0) is 30.2 Å². The number of carbonyl (C=O) groups excluding carboxylic acids is 2. The molecule has 2 unspecified atom stereocenters. The first-order valence-electron chi connectivity index (χ1n) is 9.78. The zero-order valence-electron chi connectivity index (χ0n) is 17.1. The van der Waals surface area contributed by atoms with Gasteiger partial charge in [-0.25, -0.2) is 4.79 Å². The lowest BCUT2D eigenvalue weighted by Gasteiger charge is -2.41. The molecule has 2 heterocycles. The minimum absolute atomic E-state index is 0.0125. The second kappa shape index (κ2) is 8.85. The van der Waals surface area contributed by atoms with Gasteiger partial charge in [0.2, 0.25) is 0 Å². The highest BCUT2D eigenvalue weighted by atomic mass is 32.2. The van der Waals surface area contributed by atoms with Crippen molar-refractivity contribution in [1.82, 2.24) is 4.90 Å². The third kappa shape index (κ3) is 4.29. The van der Waals surface area contributed by atoms with Crippen molar-refractivity contribution in [2.75, 3.05) is 7.11 Å². The number of methoxy groups -OCH3 is 1. The molecule has 2 atom stereocenters. The predicted molar refractivity (Wildman–Crippen MR) is 118 cm³/mol. The van der Waals surface area contributed by atoms with Gasteiger partial charge in [-0.2, -0.15) is 0 Å². The minimum atomic E-state index is -0.750. The number of aliphatic hydroxyl groups is 1. The Morgan fingerprint density at radius 2 is 1.84 bits per heavy atom. The maximum atomic E-state index is 12.7. The molecule has 0 spiro atoms. The molecule has 8 heteroatoms. The molecule has 0 aliphatic carbocycles. The van der Waals surface area contributed by atoms with E-state index in [0.29, 0.717) is 12.2 Å². The molecule has 7 nitrogen and oxygen atoms in total. The fourth-order valence-corrected chi connectivity index (χ4v) is 4.79. The van der Waals surface area contributed by atoms with E-state index in [0.717, 1.165) is 16.2 Å². The quantitative estimate of drug-likeness (QED) is 0.308. The van der Waals surface area contributed by atoms with E-state index in [1.807, 2.05) is 30.3 Å². The molecule has 1 amide bonds. The van der Waals surface area contributed by atoms with Crippen LogP contribution in [0, 0.1) is 0 Å². The normalized spacial score (nSPS) is 20.4. The van der Waals surface area contributed by atoms with E-state index in [1.54, 1.807) is 31.4 Å². The molecular weight excluding hydrogens is 416 g/mol. The van der Waals surface area contributed by atoms with Gasteiger partial charge in [-0.3, -0.25) is 14.7 Å². The standard InChI is InChI=1S/C23H22N2O5S/c1-14(26)20(23(28)30-13-16-8-10-17(29-2)11-9-16)25-21(27)19-22(25)31-18(24-19)12-15-6-4-3-5-7-15/h3-11,19,22,26H,12-13H2,1-2H3. The summed E-state index contributed by atoms with van der Waals surface area (Å²) in [6, 6.07) is 16.4. The Morgan fingerprint density at radius 1 is 1.13 bits per heavy atom. The van der Waals surface area contributed by atoms with E-state index < -0.39 is 12.0 Å². The number of aliphatic hydroxyl groups excluding tert-OH is 1. The van der Waals surface area contributed by atoms with Crippen molar-refractivity contribution < 1.29 is 24.2 Å². The number of esters is 1. The van der Waals surface area contributed by atoms with Crippen LogP contribution in [0.15, 0.2) is 71.0 Å². The number of nitrogens with zero attached hydrogens (tertiary/aromatic N) is 2. The van der Waals surface area contributed by atoms with Gasteiger partial charge in [0.15, 0.2) is 11.7 Å². The number of thioether (sulfide) groups is 1. The predicted octanol–water partition coefficient (Wildman–Crippen LogP) is 3.45. The average molecular weight is 439 g/mol. The van der Waals surface area contributed by atoms with Gasteiger partial charge < -0.3 is 14.6 Å². The lowest BCUT2D eigenvalue weighted by atomic mass is 10.1. The molecule has 2 aliphatic heterocycles. The number of β-lactam (4-membered cyclic amide) rings is 1. The number of hydrogen-bond donors (Lipinski definition) is 1. The Hall–Kier alpha value is -3.26. The Kier molecular flexibility index (Phi) is 5.99. The Balaban J connectivity index is 1.41. The van der Waals surface area contributed by atoms with Crippen LogP contribution in [0.3, 0.4) is 0 Å². The summed E-state index contributed by atoms with van der Waals surface area (Å²) in [7, 11) is 1.57. The number of likely N-dealkylation sites (tertiary alicyclic amines) is 1. The molecule has 31 heavy (non-hydrogen) atoms. The topological polar surface area (TPSA) is 88.4 Å². The average Bonchev–Trinajstić information content (AvgIpc) is 3.15. The second-order valence-corrected chi connectivity index (χ2v) is 8.39. The molecule has 0 saturated carbocycles. The highest BCUT2D eigenvalue weighted by Crippen LogP contribution is 2.42. The molecule has 0 radical (unpaired) electrons. The molecule has 1 N–H and O–H groups in total. The first-order chi connectivity index (χ1) is 15.0. The summed E-state index contributed by atoms with van der Waals surface area (Å²) in [6.07, 6.45) is 0.624. The molecule has 160 valence electrons. The number of benzene rings is 2. The summed E-state index contributed by atoms with van der Waals surface area (Å²) in [4.78, 5) is 31.2. The number of ether oxygens (including phenoxy) is 2. The maximum absolute atomic E-state index is 12.7. The van der Waals surface area contributed by atoms with E-state index >= 15 is 0 Å². The first kappa shape index (κ1) is 21.0. The van der Waals surface area contributed by atoms with E-state index in [2.05, 4.69) is 4.99 Å². The zero-order chi connectivity index (χ0) is 22.0. The SMILES string of the molecule is COc1ccc(COC(=O)C(=C(C)O)N2C(=O)C3N=C(Cc4ccccc4)SC32)cc1. The number of hydrogen-bond acceptors (Lipinski definition) is 7. The van der Waals surface area contributed by atoms with Crippen LogP contribution >= 0.6 is 11.8 Å². The maximum Gasteiger partial charge on any atom is 0.358 e. The van der Waals surface area contributed by atoms with Gasteiger partial charge in [0, 0.05) is 6.42 Å². The van der Waals surface area contributed by atoms with Crippen LogP contribution in [-0.2, 0) is 27.4 Å². The lowest BCUT2D eigenvalue weighted by molar-refractivity contribution is -0.151. The highest BCUT2D eigenvalue weighted by Gasteiger charge is 2.55. The summed E-state index contributed by atoms with van der Waals surface area (Å²) in [5.74, 6) is -0.627. The molecule has 2 aromatic carbocycles. The number of aliphatic imine (C=N–C) groups is 1. The van der Waals surface area contributed by atoms with Crippen LogP contribution in [0.1, 0.15) is 18.1 Å². The van der Waals surface area contributed by atoms with Gasteiger partial charge >= 0.3 is 5.97 Å². The summed E-state index contributed by atoms with van der Waals surface area (Å²) in [6.45, 7) is 1.38. The monoisotopic (exact) mass is 438 g/mol. The van der Waals surface area contributed by atoms with Gasteiger partial charge in [-0.15, -0.1) is 0 Å². The van der Waals surface area contributed by atoms with Crippen molar-refractivity contribution in [3.8, 4) is 5.75 Å². The van der Waals surface area contributed by atoms with E-state index in [1.165, 1.54) is 23.6 Å². The highest BCUT2D eigenvalue weighted by molar-refractivity contribution is 8.14. The molecule has 1 fully saturated rings. The third-order valence-electron chi connectivity index (χ3n) is 5.06. The van der Waals surface area contributed by atoms with Crippen molar-refractivity contribution in [3.63, 3.8) is 0 Å². The van der Waals surface area contributed by atoms with Gasteiger partial charge in [0.1, 0.15) is 23.5 Å². The van der Waals surface area contributed by atoms with Gasteiger partial charge in [-0.1, -0.05) is 54.2 Å². The van der Waals surface area contributed by atoms with Crippen molar-refractivity contribution in [2.24, 2.45) is 4.99 Å². The van der Waals surface area contributed by atoms with E-state index in [9.17, 15) is 14.7 Å². The van der Waals surface area contributed by atoms with Crippen LogP contribution in [0.5, 0.6) is 5.75 Å². The number of carbonyl (C=O) groups is 2. The number of rotatable bonds is 7. The largest absolute Gasteiger partial charge is 0.510 e. The lowest BCUT2D eigenvalue weighted by Crippen LogP contribution is -2.61. The number of fused-ring (bicyclic) bond motifs is 1. The van der Waals surface area contributed by atoms with Crippen LogP contribution in [0.25, 0.3) is 0 Å². The third-order valence-corrected chi connectivity index (χ3v) is 6.29. The number of allylic oxidation sites excluding steroid dienone is 1. The van der Waals surface area contributed by atoms with Crippen LogP contribution < -0.4 is 4.74 Å². The fraction of sp³-hybridized carbons (Fsp3) is 0.261. The molecule has 2 aromatic rings. The van der Waals surface area contributed by atoms with E-state index in [-0.39, 0.29) is 29.3 Å². The molecule has 4 rings (SSSR count). The van der Waals surface area contributed by atoms with Crippen LogP contribution in [0.2, 0.25) is 0 Å².